The highest BCUT2D eigenvalue weighted by Gasteiger charge is 2.14. The largest absolute Gasteiger partial charge is 0.490 e. The molecule has 1 aromatic heterocycles. The van der Waals surface area contributed by atoms with Crippen LogP contribution in [0.1, 0.15) is 39.7 Å². The molecule has 5 rings (SSSR count). The molecule has 5 aromatic rings. The minimum atomic E-state index is -0.297. The highest BCUT2D eigenvalue weighted by molar-refractivity contribution is 14.1. The van der Waals surface area contributed by atoms with Gasteiger partial charge in [-0.15, -0.1) is 6.58 Å². The number of ether oxygens (including phenoxy) is 2. The smallest absolute Gasteiger partial charge is 0.271 e. The predicted molar refractivity (Wildman–Crippen MR) is 186 cm³/mol. The molecule has 0 aliphatic carbocycles. The number of aromatic nitrogens is 1. The molecule has 0 bridgehead atoms. The van der Waals surface area contributed by atoms with Crippen molar-refractivity contribution >= 4 is 34.7 Å². The zero-order valence-electron chi connectivity index (χ0n) is 24.8. The van der Waals surface area contributed by atoms with Gasteiger partial charge in [0.15, 0.2) is 11.5 Å². The van der Waals surface area contributed by atoms with Crippen LogP contribution in [0, 0.1) is 10.5 Å². The molecular formula is C37H34IN3O3. The van der Waals surface area contributed by atoms with E-state index in [1.807, 2.05) is 67.6 Å². The highest BCUT2D eigenvalue weighted by Crippen LogP contribution is 2.34. The molecule has 6 nitrogen and oxygen atoms in total. The zero-order chi connectivity index (χ0) is 30.9. The van der Waals surface area contributed by atoms with Gasteiger partial charge in [0.1, 0.15) is 6.61 Å². The van der Waals surface area contributed by atoms with Crippen molar-refractivity contribution in [1.82, 2.24) is 9.99 Å². The van der Waals surface area contributed by atoms with Gasteiger partial charge in [-0.25, -0.2) is 5.43 Å². The van der Waals surface area contributed by atoms with Gasteiger partial charge in [-0.3, -0.25) is 4.79 Å². The second kappa shape index (κ2) is 14.7. The number of amides is 1. The molecule has 222 valence electrons. The number of benzene rings is 4. The Kier molecular flexibility index (Phi) is 10.3. The van der Waals surface area contributed by atoms with E-state index in [1.165, 1.54) is 3.57 Å². The number of carbonyl (C=O) groups excluding carboxylic acids is 1. The molecule has 1 amide bonds. The van der Waals surface area contributed by atoms with Crippen molar-refractivity contribution < 1.29 is 14.3 Å². The Morgan fingerprint density at radius 1 is 0.955 bits per heavy atom. The van der Waals surface area contributed by atoms with Crippen LogP contribution in [0.2, 0.25) is 0 Å². The predicted octanol–water partition coefficient (Wildman–Crippen LogP) is 8.53. The molecule has 0 saturated heterocycles. The second-order valence-corrected chi connectivity index (χ2v) is 11.4. The molecule has 0 aliphatic rings. The minimum Gasteiger partial charge on any atom is -0.490 e. The zero-order valence-corrected chi connectivity index (χ0v) is 27.0. The lowest BCUT2D eigenvalue weighted by atomic mass is 10.1. The first kappa shape index (κ1) is 30.8. The third kappa shape index (κ3) is 7.47. The average molecular weight is 696 g/mol. The van der Waals surface area contributed by atoms with Crippen LogP contribution in [0.5, 0.6) is 11.5 Å². The lowest BCUT2D eigenvalue weighted by molar-refractivity contribution is 0.0955. The highest BCUT2D eigenvalue weighted by atomic mass is 127. The van der Waals surface area contributed by atoms with Gasteiger partial charge in [-0.1, -0.05) is 48.5 Å². The summed E-state index contributed by atoms with van der Waals surface area (Å²) < 4.78 is 15.5. The summed E-state index contributed by atoms with van der Waals surface area (Å²) in [5.41, 5.74) is 10.3. The fraction of sp³-hybridized carbons (Fsp3) is 0.135. The number of allylic oxidation sites excluding steroid dienone is 1. The molecule has 0 fully saturated rings. The van der Waals surface area contributed by atoms with Crippen molar-refractivity contribution in [2.75, 3.05) is 6.61 Å². The Morgan fingerprint density at radius 2 is 1.70 bits per heavy atom. The van der Waals surface area contributed by atoms with Crippen LogP contribution in [0.4, 0.5) is 0 Å². The molecule has 0 aliphatic heterocycles. The monoisotopic (exact) mass is 695 g/mol. The van der Waals surface area contributed by atoms with Crippen molar-refractivity contribution in [3.63, 3.8) is 0 Å². The summed E-state index contributed by atoms with van der Waals surface area (Å²) in [6.45, 7) is 8.81. The fourth-order valence-electron chi connectivity index (χ4n) is 4.94. The molecule has 0 atom stereocenters. The van der Waals surface area contributed by atoms with Crippen molar-refractivity contribution in [3.8, 4) is 28.4 Å². The molecule has 0 saturated carbocycles. The van der Waals surface area contributed by atoms with Gasteiger partial charge in [-0.05, 0) is 120 Å². The summed E-state index contributed by atoms with van der Waals surface area (Å²) in [7, 11) is 0. The van der Waals surface area contributed by atoms with Gasteiger partial charge in [0.2, 0.25) is 0 Å². The van der Waals surface area contributed by atoms with E-state index in [0.717, 1.165) is 39.3 Å². The van der Waals surface area contributed by atoms with Crippen LogP contribution in [0.3, 0.4) is 0 Å². The van der Waals surface area contributed by atoms with Crippen molar-refractivity contribution in [2.24, 2.45) is 5.10 Å². The fourth-order valence-corrected chi connectivity index (χ4v) is 5.29. The van der Waals surface area contributed by atoms with Gasteiger partial charge < -0.3 is 14.0 Å². The van der Waals surface area contributed by atoms with E-state index in [2.05, 4.69) is 99.7 Å². The normalized spacial score (nSPS) is 11.0. The number of nitrogens with one attached hydrogen (secondary N) is 1. The number of hydrazone groups is 1. The number of carbonyl (C=O) groups is 1. The summed E-state index contributed by atoms with van der Waals surface area (Å²) in [6, 6.07) is 34.0. The van der Waals surface area contributed by atoms with Gasteiger partial charge in [0.05, 0.1) is 18.5 Å². The van der Waals surface area contributed by atoms with E-state index in [9.17, 15) is 4.79 Å². The number of aryl methyl sites for hydroxylation is 1. The summed E-state index contributed by atoms with van der Waals surface area (Å²) >= 11 is 2.29. The van der Waals surface area contributed by atoms with E-state index in [0.29, 0.717) is 36.7 Å². The van der Waals surface area contributed by atoms with E-state index in [4.69, 9.17) is 9.47 Å². The summed E-state index contributed by atoms with van der Waals surface area (Å²) in [5, 5.41) is 4.24. The Morgan fingerprint density at radius 3 is 2.41 bits per heavy atom. The average Bonchev–Trinajstić information content (AvgIpc) is 3.43. The number of nitrogens with zero attached hydrogens (tertiary/aromatic N) is 2. The van der Waals surface area contributed by atoms with Gasteiger partial charge in [0.25, 0.3) is 5.91 Å². The van der Waals surface area contributed by atoms with Crippen molar-refractivity contribution in [2.45, 2.75) is 26.9 Å². The third-order valence-corrected chi connectivity index (χ3v) is 7.75. The number of hydrogen-bond acceptors (Lipinski definition) is 4. The molecule has 0 unspecified atom stereocenters. The Hall–Kier alpha value is -4.63. The van der Waals surface area contributed by atoms with Gasteiger partial charge in [-0.2, -0.15) is 5.10 Å². The topological polar surface area (TPSA) is 64.9 Å². The third-order valence-electron chi connectivity index (χ3n) is 7.03. The van der Waals surface area contributed by atoms with E-state index in [-0.39, 0.29) is 5.91 Å². The van der Waals surface area contributed by atoms with E-state index >= 15 is 0 Å². The molecule has 7 heteroatoms. The van der Waals surface area contributed by atoms with Crippen LogP contribution in [-0.4, -0.2) is 23.3 Å². The lowest BCUT2D eigenvalue weighted by Gasteiger charge is -2.17. The quantitative estimate of drug-likeness (QED) is 0.0616. The van der Waals surface area contributed by atoms with Crippen molar-refractivity contribution in [3.05, 3.63) is 147 Å². The molecule has 0 radical (unpaired) electrons. The maximum atomic E-state index is 12.9. The maximum absolute atomic E-state index is 12.9. The molecule has 0 spiro atoms. The van der Waals surface area contributed by atoms with Gasteiger partial charge >= 0.3 is 0 Å². The Labute approximate surface area is 272 Å². The molecular weight excluding hydrogens is 661 g/mol. The van der Waals surface area contributed by atoms with Crippen LogP contribution < -0.4 is 14.9 Å². The lowest BCUT2D eigenvalue weighted by Crippen LogP contribution is -2.17. The summed E-state index contributed by atoms with van der Waals surface area (Å²) in [5.74, 6) is 1.00. The first-order valence-electron chi connectivity index (χ1n) is 14.4. The Bertz CT molecular complexity index is 1760. The standard InChI is InChI=1S/C37H34IN3O3/c1-4-9-31-22-28(23-35(43-5-2)36(31)44-25-27-13-17-32(38)18-14-27)24-39-40-37(42)30-15-19-33(20-16-30)41-26(3)12-21-34(41)29-10-7-6-8-11-29/h4,6-8,10-24H,1,5,9,25H2,2-3H3,(H,40,42)/b39-24+. The van der Waals surface area contributed by atoms with Gasteiger partial charge in [0, 0.05) is 26.1 Å². The molecule has 44 heavy (non-hydrogen) atoms. The second-order valence-electron chi connectivity index (χ2n) is 10.2. The number of halogens is 1. The van der Waals surface area contributed by atoms with E-state index < -0.39 is 0 Å². The maximum Gasteiger partial charge on any atom is 0.271 e. The van der Waals surface area contributed by atoms with Crippen LogP contribution in [0.15, 0.2) is 121 Å². The van der Waals surface area contributed by atoms with E-state index in [1.54, 1.807) is 6.21 Å². The molecule has 1 heterocycles. The number of hydrogen-bond donors (Lipinski definition) is 1. The summed E-state index contributed by atoms with van der Waals surface area (Å²) in [4.78, 5) is 12.9. The van der Waals surface area contributed by atoms with Crippen LogP contribution >= 0.6 is 22.6 Å². The first-order chi connectivity index (χ1) is 21.5. The molecule has 1 N–H and O–H groups in total. The SMILES string of the molecule is C=CCc1cc(/C=N/NC(=O)c2ccc(-n3c(C)ccc3-c3ccccc3)cc2)cc(OCC)c1OCc1ccc(I)cc1. The van der Waals surface area contributed by atoms with Crippen LogP contribution in [-0.2, 0) is 13.0 Å². The Balaban J connectivity index is 1.30. The summed E-state index contributed by atoms with van der Waals surface area (Å²) in [6.07, 6.45) is 4.03. The number of rotatable bonds is 12. The van der Waals surface area contributed by atoms with Crippen LogP contribution in [0.25, 0.3) is 16.9 Å². The first-order valence-corrected chi connectivity index (χ1v) is 15.5. The molecule has 4 aromatic carbocycles. The van der Waals surface area contributed by atoms with Crippen molar-refractivity contribution in [1.29, 1.82) is 0 Å². The minimum absolute atomic E-state index is 0.297.